The molecule has 0 amide bonds. The van der Waals surface area contributed by atoms with Crippen molar-refractivity contribution >= 4 is 86.7 Å². The number of rotatable bonds is 5. The molecule has 14 aromatic rings. The molecule has 0 bridgehead atoms. The van der Waals surface area contributed by atoms with Gasteiger partial charge in [0.2, 0.25) is 0 Å². The second kappa shape index (κ2) is 14.3. The maximum Gasteiger partial charge on any atom is 0.164 e. The van der Waals surface area contributed by atoms with Gasteiger partial charge >= 0.3 is 0 Å². The highest BCUT2D eigenvalue weighted by Gasteiger charge is 2.23. The Morgan fingerprint density at radius 1 is 0.258 bits per heavy atom. The summed E-state index contributed by atoms with van der Waals surface area (Å²) in [6.45, 7) is 0. The van der Waals surface area contributed by atoms with Crippen LogP contribution in [0.25, 0.3) is 132 Å². The zero-order valence-electron chi connectivity index (χ0n) is 35.6. The summed E-state index contributed by atoms with van der Waals surface area (Å²) in [6.07, 6.45) is 0. The Labute approximate surface area is 379 Å². The molecule has 5 nitrogen and oxygen atoms in total. The van der Waals surface area contributed by atoms with E-state index in [2.05, 4.69) is 215 Å². The molecule has 0 aliphatic heterocycles. The third kappa shape index (κ3) is 5.57. The van der Waals surface area contributed by atoms with E-state index in [9.17, 15) is 0 Å². The van der Waals surface area contributed by atoms with Crippen molar-refractivity contribution in [1.82, 2.24) is 24.1 Å². The molecule has 66 heavy (non-hydrogen) atoms. The largest absolute Gasteiger partial charge is 0.309 e. The van der Waals surface area contributed by atoms with E-state index in [0.717, 1.165) is 55.3 Å². The quantitative estimate of drug-likeness (QED) is 0.173. The lowest BCUT2D eigenvalue weighted by Crippen LogP contribution is -2.02. The lowest BCUT2D eigenvalue weighted by Gasteiger charge is -2.16. The maximum absolute atomic E-state index is 5.26. The van der Waals surface area contributed by atoms with E-state index in [4.69, 9.17) is 15.0 Å². The van der Waals surface area contributed by atoms with Crippen LogP contribution in [-0.4, -0.2) is 24.1 Å². The number of benzene rings is 11. The average molecular weight is 840 g/mol. The lowest BCUT2D eigenvalue weighted by molar-refractivity contribution is 1.08. The molecule has 0 radical (unpaired) electrons. The highest BCUT2D eigenvalue weighted by Crippen LogP contribution is 2.44. The molecule has 11 aromatic carbocycles. The molecule has 0 atom stereocenters. The van der Waals surface area contributed by atoms with Crippen LogP contribution in [0, 0.1) is 0 Å². The summed E-state index contributed by atoms with van der Waals surface area (Å²) in [4.78, 5) is 15.6. The molecule has 3 heterocycles. The van der Waals surface area contributed by atoms with Gasteiger partial charge in [-0.2, -0.15) is 0 Å². The topological polar surface area (TPSA) is 48.5 Å². The lowest BCUT2D eigenvalue weighted by atomic mass is 10.0. The fraction of sp³-hybridized carbons (Fsp3) is 0. The van der Waals surface area contributed by atoms with Gasteiger partial charge in [0.05, 0.1) is 33.4 Å². The standard InChI is InChI=1S/C61H37N5/c1-2-16-39(17-3-1)59-62-60(45-30-29-38-15-4-5-18-40(38)33-45)64-61(63-59)49-31-32-53(47-24-11-10-23-46(47)49)66-55-28-14-27-54(58(55)51-35-42-20-7-9-22-44(42)37-57(51)66)65-52-26-13-12-25-48(52)50-34-41-19-6-8-21-43(41)36-56(50)65/h1-37H. The molecule has 0 saturated carbocycles. The number of hydrogen-bond acceptors (Lipinski definition) is 3. The first-order chi connectivity index (χ1) is 32.7. The molecule has 0 aliphatic rings. The number of fused-ring (bicyclic) bond motifs is 10. The fourth-order valence-corrected chi connectivity index (χ4v) is 10.4. The Kier molecular flexibility index (Phi) is 7.91. The minimum absolute atomic E-state index is 0.629. The minimum atomic E-state index is 0.629. The molecule has 0 fully saturated rings. The third-order valence-corrected chi connectivity index (χ3v) is 13.5. The molecule has 0 aliphatic carbocycles. The van der Waals surface area contributed by atoms with Gasteiger partial charge in [0, 0.05) is 43.6 Å². The first kappa shape index (κ1) is 36.5. The van der Waals surface area contributed by atoms with Crippen molar-refractivity contribution in [2.75, 3.05) is 0 Å². The van der Waals surface area contributed by atoms with Crippen molar-refractivity contribution in [3.05, 3.63) is 224 Å². The van der Waals surface area contributed by atoms with Crippen molar-refractivity contribution in [3.8, 4) is 45.5 Å². The Bertz CT molecular complexity index is 4290. The summed E-state index contributed by atoms with van der Waals surface area (Å²) in [5, 5.41) is 14.2. The minimum Gasteiger partial charge on any atom is -0.309 e. The summed E-state index contributed by atoms with van der Waals surface area (Å²) in [5.41, 5.74) is 9.71. The van der Waals surface area contributed by atoms with Crippen LogP contribution in [0.15, 0.2) is 224 Å². The van der Waals surface area contributed by atoms with Crippen LogP contribution in [0.1, 0.15) is 0 Å². The van der Waals surface area contributed by atoms with Crippen LogP contribution >= 0.6 is 0 Å². The van der Waals surface area contributed by atoms with Gasteiger partial charge in [-0.3, -0.25) is 0 Å². The number of aromatic nitrogens is 5. The van der Waals surface area contributed by atoms with Crippen LogP contribution in [0.2, 0.25) is 0 Å². The van der Waals surface area contributed by atoms with E-state index in [1.165, 1.54) is 59.5 Å². The van der Waals surface area contributed by atoms with Gasteiger partial charge in [-0.05, 0) is 98.4 Å². The Morgan fingerprint density at radius 3 is 1.53 bits per heavy atom. The van der Waals surface area contributed by atoms with Gasteiger partial charge in [-0.15, -0.1) is 0 Å². The molecular formula is C61H37N5. The van der Waals surface area contributed by atoms with E-state index in [1.54, 1.807) is 0 Å². The van der Waals surface area contributed by atoms with Crippen LogP contribution in [0.4, 0.5) is 0 Å². The van der Waals surface area contributed by atoms with Crippen molar-refractivity contribution in [2.24, 2.45) is 0 Å². The first-order valence-corrected chi connectivity index (χ1v) is 22.4. The molecule has 306 valence electrons. The highest BCUT2D eigenvalue weighted by atomic mass is 15.0. The molecule has 0 unspecified atom stereocenters. The predicted octanol–water partition coefficient (Wildman–Crippen LogP) is 15.7. The fourth-order valence-electron chi connectivity index (χ4n) is 10.4. The van der Waals surface area contributed by atoms with E-state index < -0.39 is 0 Å². The summed E-state index contributed by atoms with van der Waals surface area (Å²) in [5.74, 6) is 1.90. The molecule has 3 aromatic heterocycles. The maximum atomic E-state index is 5.26. The second-order valence-electron chi connectivity index (χ2n) is 17.2. The van der Waals surface area contributed by atoms with Crippen LogP contribution in [0.3, 0.4) is 0 Å². The van der Waals surface area contributed by atoms with Gasteiger partial charge in [0.15, 0.2) is 17.5 Å². The SMILES string of the molecule is c1ccc(-c2nc(-c3ccc4ccccc4c3)nc(-c3ccc(-n4c5cc6ccccc6cc5c5c(-n6c7ccccc7c7cc8ccccc8cc76)cccc54)c4ccccc34)n2)cc1. The van der Waals surface area contributed by atoms with Crippen molar-refractivity contribution < 1.29 is 0 Å². The van der Waals surface area contributed by atoms with Gasteiger partial charge in [0.25, 0.3) is 0 Å². The van der Waals surface area contributed by atoms with E-state index in [-0.39, 0.29) is 0 Å². The van der Waals surface area contributed by atoms with E-state index in [0.29, 0.717) is 17.5 Å². The molecule has 0 saturated heterocycles. The van der Waals surface area contributed by atoms with Crippen LogP contribution in [-0.2, 0) is 0 Å². The van der Waals surface area contributed by atoms with Gasteiger partial charge in [0.1, 0.15) is 0 Å². The van der Waals surface area contributed by atoms with Crippen LogP contribution in [0.5, 0.6) is 0 Å². The van der Waals surface area contributed by atoms with E-state index in [1.807, 2.05) is 18.2 Å². The molecular weight excluding hydrogens is 803 g/mol. The second-order valence-corrected chi connectivity index (χ2v) is 17.2. The summed E-state index contributed by atoms with van der Waals surface area (Å²) in [7, 11) is 0. The Hall–Kier alpha value is -8.93. The van der Waals surface area contributed by atoms with Gasteiger partial charge < -0.3 is 9.13 Å². The number of nitrogens with zero attached hydrogens (tertiary/aromatic N) is 5. The van der Waals surface area contributed by atoms with Crippen molar-refractivity contribution in [3.63, 3.8) is 0 Å². The van der Waals surface area contributed by atoms with Crippen molar-refractivity contribution in [1.29, 1.82) is 0 Å². The highest BCUT2D eigenvalue weighted by molar-refractivity contribution is 6.20. The molecule has 5 heteroatoms. The number of para-hydroxylation sites is 1. The summed E-state index contributed by atoms with van der Waals surface area (Å²) < 4.78 is 4.96. The predicted molar refractivity (Wildman–Crippen MR) is 275 cm³/mol. The van der Waals surface area contributed by atoms with Crippen LogP contribution < -0.4 is 0 Å². The smallest absolute Gasteiger partial charge is 0.164 e. The van der Waals surface area contributed by atoms with Gasteiger partial charge in [-0.25, -0.2) is 15.0 Å². The number of hydrogen-bond donors (Lipinski definition) is 0. The molecule has 0 spiro atoms. The molecule has 0 N–H and O–H groups in total. The van der Waals surface area contributed by atoms with E-state index >= 15 is 0 Å². The van der Waals surface area contributed by atoms with Crippen molar-refractivity contribution in [2.45, 2.75) is 0 Å². The normalized spacial score (nSPS) is 11.9. The Morgan fingerprint density at radius 2 is 0.788 bits per heavy atom. The Balaban J connectivity index is 1.04. The average Bonchev–Trinajstić information content (AvgIpc) is 3.88. The third-order valence-electron chi connectivity index (χ3n) is 13.5. The zero-order chi connectivity index (χ0) is 43.3. The van der Waals surface area contributed by atoms with Gasteiger partial charge in [-0.1, -0.05) is 164 Å². The monoisotopic (exact) mass is 839 g/mol. The first-order valence-electron chi connectivity index (χ1n) is 22.4. The molecule has 14 rings (SSSR count). The summed E-state index contributed by atoms with van der Waals surface area (Å²) in [6, 6.07) is 80.6. The zero-order valence-corrected chi connectivity index (χ0v) is 35.6. The summed E-state index contributed by atoms with van der Waals surface area (Å²) >= 11 is 0.